The fourth-order valence-electron chi connectivity index (χ4n) is 5.23. The van der Waals surface area contributed by atoms with Crippen molar-refractivity contribution in [1.82, 2.24) is 26.0 Å². The van der Waals surface area contributed by atoms with Gasteiger partial charge >= 0.3 is 0 Å². The van der Waals surface area contributed by atoms with Gasteiger partial charge in [0.05, 0.1) is 23.2 Å². The zero-order chi connectivity index (χ0) is 25.5. The first-order valence-corrected chi connectivity index (χ1v) is 11.8. The van der Waals surface area contributed by atoms with E-state index in [-0.39, 0.29) is 34.5 Å². The number of allylic oxidation sites excluding steroid dienone is 2. The highest BCUT2D eigenvalue weighted by Gasteiger charge is 2.39. The minimum Gasteiger partial charge on any atom is -0.507 e. The van der Waals surface area contributed by atoms with E-state index in [1.54, 1.807) is 12.1 Å². The number of piperidine rings is 1. The second-order valence-corrected chi connectivity index (χ2v) is 10.8. The van der Waals surface area contributed by atoms with Crippen LogP contribution in [0.5, 0.6) is 5.75 Å². The molecule has 1 fully saturated rings. The van der Waals surface area contributed by atoms with Gasteiger partial charge in [0.15, 0.2) is 5.84 Å². The van der Waals surface area contributed by atoms with Crippen LogP contribution in [-0.4, -0.2) is 64.1 Å². The number of hydrogen-bond donors (Lipinski definition) is 6. The lowest BCUT2D eigenvalue weighted by molar-refractivity contribution is 0.114. The quantitative estimate of drug-likeness (QED) is 0.293. The van der Waals surface area contributed by atoms with Gasteiger partial charge in [0.1, 0.15) is 11.6 Å². The number of fused-ring (bicyclic) bond motifs is 1. The number of aromatic hydroxyl groups is 1. The number of hydrazine groups is 1. The molecule has 3 aliphatic heterocycles. The Hall–Kier alpha value is -3.59. The number of phenolic OH excluding ortho intramolecular Hbond substituents is 1. The van der Waals surface area contributed by atoms with Crippen molar-refractivity contribution >= 4 is 23.6 Å². The summed E-state index contributed by atoms with van der Waals surface area (Å²) >= 11 is 0. The molecule has 0 amide bonds. The van der Waals surface area contributed by atoms with E-state index < -0.39 is 0 Å². The molecule has 4 rings (SSSR count). The summed E-state index contributed by atoms with van der Waals surface area (Å²) in [6.07, 6.45) is 9.05. The van der Waals surface area contributed by atoms with Crippen LogP contribution < -0.4 is 16.1 Å². The SMILES string of the molecule is CN1NC=C2NC(c3ccc(C(=N)N=CC(=N)N(C)C4CC(C)(C)NC(C)(C)C4)c(O)c3)=CC=C21. The predicted molar refractivity (Wildman–Crippen MR) is 141 cm³/mol. The van der Waals surface area contributed by atoms with Crippen LogP contribution in [0, 0.1) is 10.8 Å². The molecular weight excluding hydrogens is 440 g/mol. The van der Waals surface area contributed by atoms with Crippen molar-refractivity contribution in [1.29, 1.82) is 10.8 Å². The van der Waals surface area contributed by atoms with Crippen LogP contribution in [0.4, 0.5) is 0 Å². The van der Waals surface area contributed by atoms with E-state index in [9.17, 15) is 5.11 Å². The third kappa shape index (κ3) is 5.24. The number of rotatable bonds is 4. The minimum atomic E-state index is -0.0877. The molecule has 0 aromatic heterocycles. The first-order chi connectivity index (χ1) is 16.3. The lowest BCUT2D eigenvalue weighted by Gasteiger charge is -2.49. The number of benzene rings is 1. The van der Waals surface area contributed by atoms with Crippen molar-refractivity contribution < 1.29 is 5.11 Å². The van der Waals surface area contributed by atoms with Crippen LogP contribution >= 0.6 is 0 Å². The second-order valence-electron chi connectivity index (χ2n) is 10.8. The third-order valence-electron chi connectivity index (χ3n) is 6.69. The van der Waals surface area contributed by atoms with Crippen LogP contribution in [-0.2, 0) is 0 Å². The van der Waals surface area contributed by atoms with E-state index in [4.69, 9.17) is 10.8 Å². The molecule has 0 spiro atoms. The Morgan fingerprint density at radius 2 is 1.83 bits per heavy atom. The molecule has 3 aliphatic rings. The van der Waals surface area contributed by atoms with Gasteiger partial charge in [-0.05, 0) is 64.8 Å². The van der Waals surface area contributed by atoms with Crippen LogP contribution in [0.2, 0.25) is 0 Å². The van der Waals surface area contributed by atoms with E-state index in [1.165, 1.54) is 6.21 Å². The Bertz CT molecular complexity index is 1160. The summed E-state index contributed by atoms with van der Waals surface area (Å²) in [5, 5.41) is 36.4. The fraction of sp³-hybridized carbons (Fsp3) is 0.423. The molecular formula is C26H36N8O. The van der Waals surface area contributed by atoms with E-state index in [1.807, 2.05) is 48.4 Å². The van der Waals surface area contributed by atoms with Crippen LogP contribution in [0.15, 0.2) is 52.9 Å². The van der Waals surface area contributed by atoms with Crippen LogP contribution in [0.1, 0.15) is 51.7 Å². The number of dihydropyridines is 1. The molecule has 9 nitrogen and oxygen atoms in total. The highest BCUT2D eigenvalue weighted by atomic mass is 16.3. The van der Waals surface area contributed by atoms with Crippen LogP contribution in [0.3, 0.4) is 0 Å². The van der Waals surface area contributed by atoms with Gasteiger partial charge in [-0.3, -0.25) is 15.8 Å². The third-order valence-corrected chi connectivity index (χ3v) is 6.69. The summed E-state index contributed by atoms with van der Waals surface area (Å²) in [7, 11) is 3.85. The second kappa shape index (κ2) is 8.88. The summed E-state index contributed by atoms with van der Waals surface area (Å²) in [6.45, 7) is 8.73. The summed E-state index contributed by atoms with van der Waals surface area (Å²) in [4.78, 5) is 6.12. The number of phenols is 1. The number of likely N-dealkylation sites (N-methyl/N-ethyl adjacent to an activating group) is 1. The average molecular weight is 477 g/mol. The molecule has 3 heterocycles. The van der Waals surface area contributed by atoms with Crippen molar-refractivity contribution in [3.63, 3.8) is 0 Å². The lowest BCUT2D eigenvalue weighted by atomic mass is 9.79. The summed E-state index contributed by atoms with van der Waals surface area (Å²) in [6, 6.07) is 5.35. The minimum absolute atomic E-state index is 0.0282. The zero-order valence-corrected chi connectivity index (χ0v) is 21.3. The molecule has 0 radical (unpaired) electrons. The van der Waals surface area contributed by atoms with Gasteiger partial charge in [-0.2, -0.15) is 0 Å². The van der Waals surface area contributed by atoms with Gasteiger partial charge in [-0.15, -0.1) is 0 Å². The van der Waals surface area contributed by atoms with Gasteiger partial charge < -0.3 is 26.1 Å². The highest BCUT2D eigenvalue weighted by molar-refractivity contribution is 6.30. The summed E-state index contributed by atoms with van der Waals surface area (Å²) < 4.78 is 0. The number of hydrogen-bond acceptors (Lipinski definition) is 7. The Labute approximate surface area is 207 Å². The molecule has 0 aliphatic carbocycles. The Balaban J connectivity index is 1.43. The maximum absolute atomic E-state index is 10.6. The first-order valence-electron chi connectivity index (χ1n) is 11.8. The molecule has 186 valence electrons. The Morgan fingerprint density at radius 3 is 2.49 bits per heavy atom. The standard InChI is InChI=1S/C26H36N8O/c1-25(2)12-17(13-26(3,4)32-25)33(5)23(27)15-29-24(28)18-8-7-16(11-22(18)35)19-9-10-21-20(31-19)14-30-34(21)6/h7-11,14-15,17,27-28,30-32,35H,12-13H2,1-6H3. The normalized spacial score (nSPS) is 20.9. The molecule has 0 atom stereocenters. The van der Waals surface area contributed by atoms with Gasteiger partial charge in [0.2, 0.25) is 0 Å². The molecule has 6 N–H and O–H groups in total. The van der Waals surface area contributed by atoms with E-state index in [0.29, 0.717) is 5.56 Å². The van der Waals surface area contributed by atoms with Gasteiger partial charge in [-0.1, -0.05) is 6.07 Å². The van der Waals surface area contributed by atoms with E-state index >= 15 is 0 Å². The molecule has 0 bridgehead atoms. The Morgan fingerprint density at radius 1 is 1.14 bits per heavy atom. The predicted octanol–water partition coefficient (Wildman–Crippen LogP) is 3.13. The topological polar surface area (TPSA) is 123 Å². The number of aliphatic imine (C=N–C) groups is 1. The Kier molecular flexibility index (Phi) is 6.23. The first kappa shape index (κ1) is 24.5. The molecule has 1 saturated heterocycles. The highest BCUT2D eigenvalue weighted by Crippen LogP contribution is 2.31. The van der Waals surface area contributed by atoms with E-state index in [0.717, 1.165) is 35.5 Å². The average Bonchev–Trinajstić information content (AvgIpc) is 3.14. The molecule has 35 heavy (non-hydrogen) atoms. The van der Waals surface area contributed by atoms with Crippen molar-refractivity contribution in [3.8, 4) is 5.75 Å². The van der Waals surface area contributed by atoms with Crippen LogP contribution in [0.25, 0.3) is 5.70 Å². The van der Waals surface area contributed by atoms with Crippen molar-refractivity contribution in [2.75, 3.05) is 14.1 Å². The molecule has 0 unspecified atom stereocenters. The summed E-state index contributed by atoms with van der Waals surface area (Å²) in [5.41, 5.74) is 7.02. The molecule has 1 aromatic carbocycles. The smallest absolute Gasteiger partial charge is 0.155 e. The monoisotopic (exact) mass is 476 g/mol. The zero-order valence-electron chi connectivity index (χ0n) is 21.3. The molecule has 0 saturated carbocycles. The maximum Gasteiger partial charge on any atom is 0.155 e. The number of nitrogens with zero attached hydrogens (tertiary/aromatic N) is 3. The fourth-order valence-corrected chi connectivity index (χ4v) is 5.23. The van der Waals surface area contributed by atoms with E-state index in [2.05, 4.69) is 48.7 Å². The van der Waals surface area contributed by atoms with Crippen molar-refractivity contribution in [2.24, 2.45) is 4.99 Å². The van der Waals surface area contributed by atoms with Gasteiger partial charge in [0.25, 0.3) is 0 Å². The lowest BCUT2D eigenvalue weighted by Crippen LogP contribution is -2.62. The van der Waals surface area contributed by atoms with Gasteiger partial charge in [-0.25, -0.2) is 4.99 Å². The number of nitrogens with one attached hydrogen (secondary N) is 5. The molecule has 9 heteroatoms. The maximum atomic E-state index is 10.6. The summed E-state index contributed by atoms with van der Waals surface area (Å²) in [5.74, 6) is 0.127. The molecule has 1 aromatic rings. The van der Waals surface area contributed by atoms with Crippen molar-refractivity contribution in [3.05, 3.63) is 59.1 Å². The van der Waals surface area contributed by atoms with Gasteiger partial charge in [0, 0.05) is 48.7 Å². The largest absolute Gasteiger partial charge is 0.507 e. The number of amidine groups is 2. The van der Waals surface area contributed by atoms with Crippen molar-refractivity contribution in [2.45, 2.75) is 57.7 Å².